The minimum Gasteiger partial charge on any atom is -0.508 e. The number of hydrogen-bond acceptors (Lipinski definition) is 5. The van der Waals surface area contributed by atoms with Crippen LogP contribution in [0.2, 0.25) is 0 Å². The Morgan fingerprint density at radius 3 is 1.96 bits per heavy atom. The van der Waals surface area contributed by atoms with E-state index in [1.807, 2.05) is 0 Å². The summed E-state index contributed by atoms with van der Waals surface area (Å²) in [6, 6.07) is 18.4. The second kappa shape index (κ2) is 7.35. The van der Waals surface area contributed by atoms with Crippen molar-refractivity contribution >= 4 is 17.3 Å². The molecule has 0 aromatic heterocycles. The maximum atomic E-state index is 12.2. The largest absolute Gasteiger partial charge is 0.508 e. The van der Waals surface area contributed by atoms with E-state index in [1.165, 1.54) is 36.4 Å². The van der Waals surface area contributed by atoms with Crippen LogP contribution in [0.3, 0.4) is 0 Å². The summed E-state index contributed by atoms with van der Waals surface area (Å²) in [5, 5.41) is 22.6. The minimum atomic E-state index is -0.481. The number of benzene rings is 3. The molecule has 0 atom stereocenters. The Bertz CT molecular complexity index is 920. The number of amides is 1. The van der Waals surface area contributed by atoms with Crippen molar-refractivity contribution in [3.63, 3.8) is 0 Å². The van der Waals surface area contributed by atoms with Crippen LogP contribution in [0, 0.1) is 10.1 Å². The van der Waals surface area contributed by atoms with Crippen molar-refractivity contribution in [1.29, 1.82) is 0 Å². The van der Waals surface area contributed by atoms with Crippen LogP contribution in [0.5, 0.6) is 17.2 Å². The van der Waals surface area contributed by atoms with Gasteiger partial charge in [-0.1, -0.05) is 0 Å². The lowest BCUT2D eigenvalue weighted by Gasteiger charge is -2.08. The van der Waals surface area contributed by atoms with Crippen molar-refractivity contribution in [2.75, 3.05) is 5.32 Å². The number of hydrogen-bond donors (Lipinski definition) is 2. The van der Waals surface area contributed by atoms with Gasteiger partial charge in [0.05, 0.1) is 4.92 Å². The van der Waals surface area contributed by atoms with Crippen LogP contribution in [-0.2, 0) is 0 Å². The Morgan fingerprint density at radius 1 is 0.885 bits per heavy atom. The van der Waals surface area contributed by atoms with Crippen LogP contribution < -0.4 is 10.1 Å². The van der Waals surface area contributed by atoms with E-state index in [0.717, 1.165) is 0 Å². The molecule has 0 saturated carbocycles. The average Bonchev–Trinajstić information content (AvgIpc) is 2.64. The number of carbonyl (C=O) groups is 1. The van der Waals surface area contributed by atoms with Gasteiger partial charge >= 0.3 is 0 Å². The monoisotopic (exact) mass is 350 g/mol. The van der Waals surface area contributed by atoms with Gasteiger partial charge in [0.15, 0.2) is 0 Å². The van der Waals surface area contributed by atoms with Gasteiger partial charge in [0.25, 0.3) is 11.6 Å². The van der Waals surface area contributed by atoms with E-state index in [2.05, 4.69) is 5.32 Å². The molecule has 1 amide bonds. The molecule has 0 heterocycles. The zero-order valence-corrected chi connectivity index (χ0v) is 13.5. The minimum absolute atomic E-state index is 0.0152. The zero-order valence-electron chi connectivity index (χ0n) is 13.5. The lowest BCUT2D eigenvalue weighted by Crippen LogP contribution is -2.11. The normalized spacial score (nSPS) is 10.2. The predicted octanol–water partition coefficient (Wildman–Crippen LogP) is 4.35. The Balaban J connectivity index is 1.64. The van der Waals surface area contributed by atoms with Crippen LogP contribution in [-0.4, -0.2) is 15.9 Å². The van der Waals surface area contributed by atoms with Crippen molar-refractivity contribution in [2.45, 2.75) is 0 Å². The maximum absolute atomic E-state index is 12.2. The highest BCUT2D eigenvalue weighted by molar-refractivity contribution is 6.04. The molecule has 0 aliphatic carbocycles. The standard InChI is InChI=1S/C19H14N2O5/c22-16-7-3-14(4-8-16)20-19(23)13-1-9-17(10-2-13)26-18-11-5-15(6-12-18)21(24)25/h1-12,22H,(H,20,23). The molecule has 0 fully saturated rings. The van der Waals surface area contributed by atoms with Crippen molar-refractivity contribution in [3.05, 3.63) is 88.5 Å². The molecule has 3 aromatic rings. The van der Waals surface area contributed by atoms with E-state index in [9.17, 15) is 20.0 Å². The summed E-state index contributed by atoms with van der Waals surface area (Å²) in [4.78, 5) is 22.3. The number of nitro benzene ring substituents is 1. The fraction of sp³-hybridized carbons (Fsp3) is 0. The molecular formula is C19H14N2O5. The summed E-state index contributed by atoms with van der Waals surface area (Å²) in [6.07, 6.45) is 0. The highest BCUT2D eigenvalue weighted by Crippen LogP contribution is 2.24. The first-order valence-electron chi connectivity index (χ1n) is 7.64. The fourth-order valence-electron chi connectivity index (χ4n) is 2.19. The summed E-state index contributed by atoms with van der Waals surface area (Å²) < 4.78 is 5.60. The number of nitro groups is 1. The van der Waals surface area contributed by atoms with Gasteiger partial charge in [-0.15, -0.1) is 0 Å². The van der Waals surface area contributed by atoms with Gasteiger partial charge in [-0.25, -0.2) is 0 Å². The van der Waals surface area contributed by atoms with Gasteiger partial charge in [0.1, 0.15) is 17.2 Å². The average molecular weight is 350 g/mol. The third kappa shape index (κ3) is 4.15. The first-order valence-corrected chi connectivity index (χ1v) is 7.64. The number of carbonyl (C=O) groups excluding carboxylic acids is 1. The SMILES string of the molecule is O=C(Nc1ccc(O)cc1)c1ccc(Oc2ccc([N+](=O)[O-])cc2)cc1. The predicted molar refractivity (Wildman–Crippen MR) is 95.7 cm³/mol. The smallest absolute Gasteiger partial charge is 0.269 e. The van der Waals surface area contributed by atoms with Crippen LogP contribution in [0.1, 0.15) is 10.4 Å². The van der Waals surface area contributed by atoms with Gasteiger partial charge in [0.2, 0.25) is 0 Å². The number of ether oxygens (including phenoxy) is 1. The van der Waals surface area contributed by atoms with Crippen LogP contribution in [0.25, 0.3) is 0 Å². The summed E-state index contributed by atoms with van der Waals surface area (Å²) in [5.74, 6) is 0.783. The lowest BCUT2D eigenvalue weighted by atomic mass is 10.2. The number of aromatic hydroxyl groups is 1. The number of anilines is 1. The number of phenolic OH excluding ortho intramolecular Hbond substituents is 1. The molecule has 130 valence electrons. The van der Waals surface area contributed by atoms with Crippen molar-refractivity contribution in [3.8, 4) is 17.2 Å². The summed E-state index contributed by atoms with van der Waals surface area (Å²) >= 11 is 0. The molecule has 2 N–H and O–H groups in total. The van der Waals surface area contributed by atoms with Gasteiger partial charge < -0.3 is 15.2 Å². The molecule has 3 rings (SSSR count). The van der Waals surface area contributed by atoms with Crippen molar-refractivity contribution < 1.29 is 19.6 Å². The molecule has 26 heavy (non-hydrogen) atoms. The Morgan fingerprint density at radius 2 is 1.42 bits per heavy atom. The quantitative estimate of drug-likeness (QED) is 0.405. The van der Waals surface area contributed by atoms with Gasteiger partial charge in [0, 0.05) is 23.4 Å². The third-order valence-electron chi connectivity index (χ3n) is 3.52. The van der Waals surface area contributed by atoms with Gasteiger partial charge in [-0.3, -0.25) is 14.9 Å². The second-order valence-corrected chi connectivity index (χ2v) is 5.38. The lowest BCUT2D eigenvalue weighted by molar-refractivity contribution is -0.384. The highest BCUT2D eigenvalue weighted by Gasteiger charge is 2.08. The maximum Gasteiger partial charge on any atom is 0.269 e. The van der Waals surface area contributed by atoms with E-state index < -0.39 is 4.92 Å². The Labute approximate surface area is 148 Å². The Kier molecular flexibility index (Phi) is 4.80. The van der Waals surface area contributed by atoms with E-state index in [1.54, 1.807) is 36.4 Å². The summed E-state index contributed by atoms with van der Waals surface area (Å²) in [5.41, 5.74) is 0.992. The number of rotatable bonds is 5. The fourth-order valence-corrected chi connectivity index (χ4v) is 2.19. The third-order valence-corrected chi connectivity index (χ3v) is 3.52. The zero-order chi connectivity index (χ0) is 18.5. The van der Waals surface area contributed by atoms with Gasteiger partial charge in [-0.2, -0.15) is 0 Å². The van der Waals surface area contributed by atoms with Crippen molar-refractivity contribution in [1.82, 2.24) is 0 Å². The van der Waals surface area contributed by atoms with E-state index >= 15 is 0 Å². The Hall–Kier alpha value is -3.87. The topological polar surface area (TPSA) is 102 Å². The second-order valence-electron chi connectivity index (χ2n) is 5.38. The molecule has 0 unspecified atom stereocenters. The van der Waals surface area contributed by atoms with Crippen LogP contribution in [0.4, 0.5) is 11.4 Å². The highest BCUT2D eigenvalue weighted by atomic mass is 16.6. The molecule has 0 radical (unpaired) electrons. The molecule has 7 nitrogen and oxygen atoms in total. The van der Waals surface area contributed by atoms with Gasteiger partial charge in [-0.05, 0) is 60.7 Å². The van der Waals surface area contributed by atoms with Crippen LogP contribution in [0.15, 0.2) is 72.8 Å². The number of nitrogens with one attached hydrogen (secondary N) is 1. The number of nitrogens with zero attached hydrogens (tertiary/aromatic N) is 1. The molecule has 0 aliphatic rings. The molecule has 0 spiro atoms. The van der Waals surface area contributed by atoms with E-state index in [4.69, 9.17) is 4.74 Å². The molecule has 0 saturated heterocycles. The molecule has 0 aliphatic heterocycles. The molecular weight excluding hydrogens is 336 g/mol. The summed E-state index contributed by atoms with van der Waals surface area (Å²) in [6.45, 7) is 0. The number of phenols is 1. The molecule has 7 heteroatoms. The van der Waals surface area contributed by atoms with Crippen LogP contribution >= 0.6 is 0 Å². The molecule has 3 aromatic carbocycles. The van der Waals surface area contributed by atoms with Crippen molar-refractivity contribution in [2.24, 2.45) is 0 Å². The first-order chi connectivity index (χ1) is 12.5. The summed E-state index contributed by atoms with van der Waals surface area (Å²) in [7, 11) is 0. The first kappa shape index (κ1) is 17.0. The van der Waals surface area contributed by atoms with E-state index in [-0.39, 0.29) is 17.3 Å². The molecule has 0 bridgehead atoms. The van der Waals surface area contributed by atoms with E-state index in [0.29, 0.717) is 22.7 Å². The number of non-ortho nitro benzene ring substituents is 1.